The molecule has 0 rings (SSSR count). The molecule has 20 heteroatoms. The number of aliphatic hydroxyl groups is 1. The number of aliphatic carboxylic acids is 2. The summed E-state index contributed by atoms with van der Waals surface area (Å²) in [6.45, 7) is 7.61. The largest absolute Gasteiger partial charge is 0.481 e. The second-order valence-electron chi connectivity index (χ2n) is 12.0. The number of nitrogens with one attached hydrogen (secondary N) is 5. The summed E-state index contributed by atoms with van der Waals surface area (Å²) < 4.78 is 0. The Balaban J connectivity index is 6.15. The number of hydrogen-bond acceptors (Lipinski definition) is 11. The minimum atomic E-state index is -1.82. The molecule has 0 aromatic carbocycles. The van der Waals surface area contributed by atoms with Gasteiger partial charge in [-0.15, -0.1) is 0 Å². The zero-order chi connectivity index (χ0) is 38.2. The first-order valence-electron chi connectivity index (χ1n) is 15.6. The molecule has 0 saturated heterocycles. The highest BCUT2D eigenvalue weighted by Gasteiger charge is 2.36. The monoisotopic (exact) mass is 702 g/mol. The molecule has 0 aromatic heterocycles. The highest BCUT2D eigenvalue weighted by Crippen LogP contribution is 2.12. The minimum absolute atomic E-state index is 0.0751. The van der Waals surface area contributed by atoms with Crippen LogP contribution in [0.15, 0.2) is 0 Å². The summed E-state index contributed by atoms with van der Waals surface area (Å²) in [5.41, 5.74) is 16.2. The highest BCUT2D eigenvalue weighted by atomic mass is 16.4. The molecule has 0 aliphatic carbocycles. The van der Waals surface area contributed by atoms with Gasteiger partial charge in [0.05, 0.1) is 18.6 Å². The Labute approximate surface area is 283 Å². The molecule has 8 atom stereocenters. The molecule has 7 amide bonds. The summed E-state index contributed by atoms with van der Waals surface area (Å²) in [7, 11) is 0. The normalized spacial score (nSPS) is 15.9. The molecule has 14 N–H and O–H groups in total. The molecule has 0 bridgehead atoms. The van der Waals surface area contributed by atoms with Crippen molar-refractivity contribution in [1.29, 1.82) is 0 Å². The van der Waals surface area contributed by atoms with Crippen molar-refractivity contribution >= 4 is 53.3 Å². The highest BCUT2D eigenvalue weighted by molar-refractivity contribution is 5.98. The molecule has 0 aliphatic rings. The van der Waals surface area contributed by atoms with Gasteiger partial charge in [-0.05, 0) is 31.6 Å². The maximum atomic E-state index is 13.5. The molecule has 20 nitrogen and oxygen atoms in total. The fourth-order valence-electron chi connectivity index (χ4n) is 4.29. The van der Waals surface area contributed by atoms with Crippen LogP contribution in [0, 0.1) is 11.8 Å². The van der Waals surface area contributed by atoms with Crippen molar-refractivity contribution in [2.24, 2.45) is 29.0 Å². The number of rotatable bonds is 23. The van der Waals surface area contributed by atoms with Crippen molar-refractivity contribution in [1.82, 2.24) is 26.6 Å². The van der Waals surface area contributed by atoms with E-state index in [0.717, 1.165) is 6.92 Å². The number of carboxylic acids is 2. The topological polar surface area (TPSA) is 353 Å². The lowest BCUT2D eigenvalue weighted by molar-refractivity contribution is -0.145. The van der Waals surface area contributed by atoms with Gasteiger partial charge in [0.15, 0.2) is 6.04 Å². The molecule has 0 unspecified atom stereocenters. The van der Waals surface area contributed by atoms with E-state index in [-0.39, 0.29) is 12.8 Å². The van der Waals surface area contributed by atoms with Gasteiger partial charge in [-0.1, -0.05) is 34.1 Å². The number of aliphatic hydroxyl groups excluding tert-OH is 1. The first-order valence-corrected chi connectivity index (χ1v) is 15.6. The zero-order valence-electron chi connectivity index (χ0n) is 28.2. The van der Waals surface area contributed by atoms with Gasteiger partial charge in [0.2, 0.25) is 41.4 Å². The van der Waals surface area contributed by atoms with Crippen LogP contribution in [-0.2, 0) is 43.2 Å². The number of carbonyl (C=O) groups is 9. The van der Waals surface area contributed by atoms with Crippen LogP contribution in [0.1, 0.15) is 73.1 Å². The lowest BCUT2D eigenvalue weighted by Crippen LogP contribution is -2.61. The Morgan fingerprint density at radius 1 is 0.612 bits per heavy atom. The van der Waals surface area contributed by atoms with Crippen molar-refractivity contribution in [2.45, 2.75) is 115 Å². The van der Waals surface area contributed by atoms with E-state index >= 15 is 0 Å². The Bertz CT molecular complexity index is 1230. The second-order valence-corrected chi connectivity index (χ2v) is 12.0. The van der Waals surface area contributed by atoms with Gasteiger partial charge < -0.3 is 59.1 Å². The van der Waals surface area contributed by atoms with Crippen LogP contribution in [0.4, 0.5) is 0 Å². The molecule has 0 spiro atoms. The fraction of sp³-hybridized carbons (Fsp3) is 0.690. The fourth-order valence-corrected chi connectivity index (χ4v) is 4.29. The molecule has 0 heterocycles. The standard InChI is InChI=1S/C29H50N8O12/c1-6-13(4)22(36-27(46)21(12(2)3)35-24(43)15(30)7-9-18(31)39)28(47)34-17(11-19(32)40)26(45)33-16(8-10-20(41)42)25(44)37-23(14(5)38)29(48)49/h12-17,21-23,38H,6-11,30H2,1-5H3,(H2,31,39)(H2,32,40)(H,33,45)(H,34,47)(H,35,43)(H,36,46)(H,37,44)(H,41,42)(H,48,49)/t13-,14+,15-,16-,17-,21-,22-,23-/m0/s1. The Morgan fingerprint density at radius 2 is 1.10 bits per heavy atom. The van der Waals surface area contributed by atoms with Crippen LogP contribution in [0.5, 0.6) is 0 Å². The summed E-state index contributed by atoms with van der Waals surface area (Å²) in [6.07, 6.45) is -3.50. The maximum absolute atomic E-state index is 13.5. The third-order valence-electron chi connectivity index (χ3n) is 7.44. The molecule has 0 aliphatic heterocycles. The van der Waals surface area contributed by atoms with E-state index in [1.807, 2.05) is 5.32 Å². The van der Waals surface area contributed by atoms with Gasteiger partial charge in [0, 0.05) is 12.8 Å². The van der Waals surface area contributed by atoms with E-state index in [1.165, 1.54) is 0 Å². The maximum Gasteiger partial charge on any atom is 0.328 e. The SMILES string of the molecule is CC[C@H](C)[C@H](NC(=O)[C@@H](NC(=O)[C@@H](N)CCC(N)=O)C(C)C)C(=O)N[C@@H](CC(N)=O)C(=O)N[C@@H](CCC(=O)O)C(=O)N[C@H](C(=O)O)[C@@H](C)O. The third kappa shape index (κ3) is 16.2. The van der Waals surface area contributed by atoms with Gasteiger partial charge in [-0.2, -0.15) is 0 Å². The first-order chi connectivity index (χ1) is 22.6. The molecular weight excluding hydrogens is 652 g/mol. The van der Waals surface area contributed by atoms with E-state index in [0.29, 0.717) is 6.42 Å². The first kappa shape index (κ1) is 44.1. The Morgan fingerprint density at radius 3 is 1.55 bits per heavy atom. The van der Waals surface area contributed by atoms with E-state index in [2.05, 4.69) is 21.3 Å². The summed E-state index contributed by atoms with van der Waals surface area (Å²) in [4.78, 5) is 111. The van der Waals surface area contributed by atoms with Crippen molar-refractivity contribution in [3.8, 4) is 0 Å². The van der Waals surface area contributed by atoms with Gasteiger partial charge in [-0.3, -0.25) is 38.4 Å². The second kappa shape index (κ2) is 21.2. The summed E-state index contributed by atoms with van der Waals surface area (Å²) in [5.74, 6) is -10.6. The number of nitrogens with two attached hydrogens (primary N) is 3. The van der Waals surface area contributed by atoms with Crippen molar-refractivity contribution in [2.75, 3.05) is 0 Å². The summed E-state index contributed by atoms with van der Waals surface area (Å²) in [6, 6.07) is -8.94. The lowest BCUT2D eigenvalue weighted by atomic mass is 9.95. The zero-order valence-corrected chi connectivity index (χ0v) is 28.2. The summed E-state index contributed by atoms with van der Waals surface area (Å²) in [5, 5.41) is 39.6. The molecule has 0 radical (unpaired) electrons. The van der Waals surface area contributed by atoms with Crippen molar-refractivity contribution in [3.63, 3.8) is 0 Å². The predicted octanol–water partition coefficient (Wildman–Crippen LogP) is -4.09. The van der Waals surface area contributed by atoms with Crippen LogP contribution in [0.3, 0.4) is 0 Å². The Hall–Kier alpha value is -4.85. The molecule has 0 fully saturated rings. The quantitative estimate of drug-likeness (QED) is 0.0483. The molecule has 0 aromatic rings. The number of carbonyl (C=O) groups excluding carboxylic acids is 7. The number of carboxylic acid groups (broad SMARTS) is 2. The number of amides is 7. The van der Waals surface area contributed by atoms with Gasteiger partial charge in [0.25, 0.3) is 0 Å². The van der Waals surface area contributed by atoms with Gasteiger partial charge in [0.1, 0.15) is 24.2 Å². The summed E-state index contributed by atoms with van der Waals surface area (Å²) >= 11 is 0. The lowest BCUT2D eigenvalue weighted by Gasteiger charge is -2.30. The molecule has 49 heavy (non-hydrogen) atoms. The van der Waals surface area contributed by atoms with E-state index < -0.39 is 127 Å². The smallest absolute Gasteiger partial charge is 0.328 e. The van der Waals surface area contributed by atoms with Crippen molar-refractivity contribution in [3.05, 3.63) is 0 Å². The Kier molecular flexibility index (Phi) is 19.1. The third-order valence-corrected chi connectivity index (χ3v) is 7.44. The van der Waals surface area contributed by atoms with Crippen LogP contribution >= 0.6 is 0 Å². The van der Waals surface area contributed by atoms with Crippen molar-refractivity contribution < 1.29 is 58.5 Å². The van der Waals surface area contributed by atoms with Crippen LogP contribution in [-0.4, -0.2) is 111 Å². The average molecular weight is 703 g/mol. The molecule has 0 saturated carbocycles. The van der Waals surface area contributed by atoms with Gasteiger partial charge in [-0.25, -0.2) is 4.79 Å². The predicted molar refractivity (Wildman–Crippen MR) is 170 cm³/mol. The average Bonchev–Trinajstić information content (AvgIpc) is 2.99. The van der Waals surface area contributed by atoms with Crippen LogP contribution in [0.2, 0.25) is 0 Å². The minimum Gasteiger partial charge on any atom is -0.481 e. The number of hydrogen-bond donors (Lipinski definition) is 11. The van der Waals surface area contributed by atoms with Crippen LogP contribution < -0.4 is 43.8 Å². The van der Waals surface area contributed by atoms with E-state index in [1.54, 1.807) is 27.7 Å². The van der Waals surface area contributed by atoms with Crippen LogP contribution in [0.25, 0.3) is 0 Å². The number of primary amides is 2. The van der Waals surface area contributed by atoms with Gasteiger partial charge >= 0.3 is 11.9 Å². The molecular formula is C29H50N8O12. The molecule has 278 valence electrons. The van der Waals surface area contributed by atoms with E-state index in [4.69, 9.17) is 22.3 Å². The van der Waals surface area contributed by atoms with E-state index in [9.17, 15) is 53.4 Å².